The first-order chi connectivity index (χ1) is 9.22. The topological polar surface area (TPSA) is 50.2 Å². The number of unbranched alkanes of at least 4 members (excludes halogenated alkanes) is 2. The number of para-hydroxylation sites is 1. The second-order valence-corrected chi connectivity index (χ2v) is 5.50. The van der Waals surface area contributed by atoms with Crippen molar-refractivity contribution in [2.75, 3.05) is 5.75 Å². The Bertz CT molecular complexity index is 583. The van der Waals surface area contributed by atoms with E-state index < -0.39 is 5.97 Å². The van der Waals surface area contributed by atoms with Crippen molar-refractivity contribution in [1.29, 1.82) is 0 Å². The van der Waals surface area contributed by atoms with Crippen LogP contribution < -0.4 is 0 Å². The second kappa shape index (κ2) is 6.57. The van der Waals surface area contributed by atoms with Crippen LogP contribution in [0.5, 0.6) is 0 Å². The Labute approximate surface area is 117 Å². The van der Waals surface area contributed by atoms with E-state index >= 15 is 0 Å². The SMILES string of the molecule is CCCCCSc1cc(C(=O)O)c2ccccc2n1. The maximum atomic E-state index is 11.3. The molecule has 2 rings (SSSR count). The number of carbonyl (C=O) groups is 1. The quantitative estimate of drug-likeness (QED) is 0.633. The summed E-state index contributed by atoms with van der Waals surface area (Å²) in [5, 5.41) is 10.8. The highest BCUT2D eigenvalue weighted by Crippen LogP contribution is 2.25. The van der Waals surface area contributed by atoms with Gasteiger partial charge in [0.05, 0.1) is 16.1 Å². The molecule has 0 spiro atoms. The summed E-state index contributed by atoms with van der Waals surface area (Å²) in [5.41, 5.74) is 1.09. The minimum absolute atomic E-state index is 0.337. The number of carboxylic acid groups (broad SMARTS) is 1. The van der Waals surface area contributed by atoms with Gasteiger partial charge in [-0.15, -0.1) is 11.8 Å². The summed E-state index contributed by atoms with van der Waals surface area (Å²) in [6, 6.07) is 9.06. The van der Waals surface area contributed by atoms with Gasteiger partial charge in [-0.1, -0.05) is 38.0 Å². The second-order valence-electron chi connectivity index (χ2n) is 4.39. The summed E-state index contributed by atoms with van der Waals surface area (Å²) in [4.78, 5) is 15.8. The van der Waals surface area contributed by atoms with E-state index in [0.29, 0.717) is 10.9 Å². The largest absolute Gasteiger partial charge is 0.478 e. The van der Waals surface area contributed by atoms with Crippen molar-refractivity contribution >= 4 is 28.6 Å². The molecular weight excluding hydrogens is 258 g/mol. The fourth-order valence-corrected chi connectivity index (χ4v) is 2.85. The highest BCUT2D eigenvalue weighted by molar-refractivity contribution is 7.99. The lowest BCUT2D eigenvalue weighted by atomic mass is 10.1. The highest BCUT2D eigenvalue weighted by Gasteiger charge is 2.11. The van der Waals surface area contributed by atoms with Gasteiger partial charge < -0.3 is 5.11 Å². The van der Waals surface area contributed by atoms with Gasteiger partial charge >= 0.3 is 5.97 Å². The number of fused-ring (bicyclic) bond motifs is 1. The molecule has 0 saturated carbocycles. The lowest BCUT2D eigenvalue weighted by molar-refractivity contribution is 0.0698. The molecule has 1 aromatic carbocycles. The molecule has 100 valence electrons. The Morgan fingerprint density at radius 3 is 2.84 bits per heavy atom. The first kappa shape index (κ1) is 13.9. The van der Waals surface area contributed by atoms with Crippen molar-refractivity contribution in [2.45, 2.75) is 31.2 Å². The molecule has 3 nitrogen and oxygen atoms in total. The van der Waals surface area contributed by atoms with E-state index in [0.717, 1.165) is 22.7 Å². The number of pyridine rings is 1. The van der Waals surface area contributed by atoms with Crippen molar-refractivity contribution < 1.29 is 9.90 Å². The van der Waals surface area contributed by atoms with E-state index in [1.807, 2.05) is 18.2 Å². The van der Waals surface area contributed by atoms with Gasteiger partial charge in [0, 0.05) is 5.39 Å². The molecule has 0 saturated heterocycles. The lowest BCUT2D eigenvalue weighted by Gasteiger charge is -2.06. The minimum atomic E-state index is -0.894. The first-order valence-electron chi connectivity index (χ1n) is 6.48. The van der Waals surface area contributed by atoms with Gasteiger partial charge in [-0.05, 0) is 24.3 Å². The van der Waals surface area contributed by atoms with Crippen LogP contribution in [-0.4, -0.2) is 21.8 Å². The molecule has 19 heavy (non-hydrogen) atoms. The molecule has 0 unspecified atom stereocenters. The molecule has 0 fully saturated rings. The van der Waals surface area contributed by atoms with Gasteiger partial charge in [-0.25, -0.2) is 9.78 Å². The number of hydrogen-bond donors (Lipinski definition) is 1. The van der Waals surface area contributed by atoms with Crippen LogP contribution in [0.2, 0.25) is 0 Å². The summed E-state index contributed by atoms with van der Waals surface area (Å²) in [7, 11) is 0. The maximum absolute atomic E-state index is 11.3. The third-order valence-electron chi connectivity index (χ3n) is 2.92. The normalized spacial score (nSPS) is 10.8. The molecule has 1 aromatic heterocycles. The number of benzene rings is 1. The van der Waals surface area contributed by atoms with Gasteiger partial charge in [-0.2, -0.15) is 0 Å². The third kappa shape index (κ3) is 3.47. The molecule has 0 bridgehead atoms. The third-order valence-corrected chi connectivity index (χ3v) is 3.92. The Morgan fingerprint density at radius 1 is 1.32 bits per heavy atom. The number of aromatic carboxylic acids is 1. The summed E-state index contributed by atoms with van der Waals surface area (Å²) < 4.78 is 0. The van der Waals surface area contributed by atoms with Crippen LogP contribution in [-0.2, 0) is 0 Å². The smallest absolute Gasteiger partial charge is 0.336 e. The van der Waals surface area contributed by atoms with Crippen LogP contribution in [0.3, 0.4) is 0 Å². The van der Waals surface area contributed by atoms with E-state index in [1.165, 1.54) is 12.8 Å². The van der Waals surface area contributed by atoms with Crippen LogP contribution in [0, 0.1) is 0 Å². The Morgan fingerprint density at radius 2 is 2.11 bits per heavy atom. The van der Waals surface area contributed by atoms with Gasteiger partial charge in [0.1, 0.15) is 0 Å². The van der Waals surface area contributed by atoms with Crippen molar-refractivity contribution in [3.8, 4) is 0 Å². The molecule has 2 aromatic rings. The molecule has 1 heterocycles. The monoisotopic (exact) mass is 275 g/mol. The number of thioether (sulfide) groups is 1. The molecule has 0 aliphatic rings. The fourth-order valence-electron chi connectivity index (χ4n) is 1.93. The van der Waals surface area contributed by atoms with Crippen molar-refractivity contribution in [1.82, 2.24) is 4.98 Å². The number of aromatic nitrogens is 1. The standard InChI is InChI=1S/C15H17NO2S/c1-2-3-6-9-19-14-10-12(15(17)18)11-7-4-5-8-13(11)16-14/h4-5,7-8,10H,2-3,6,9H2,1H3,(H,17,18). The van der Waals surface area contributed by atoms with Crippen molar-refractivity contribution in [2.24, 2.45) is 0 Å². The summed E-state index contributed by atoms with van der Waals surface area (Å²) in [6.45, 7) is 2.17. The number of rotatable bonds is 6. The van der Waals surface area contributed by atoms with Crippen LogP contribution in [0.1, 0.15) is 36.5 Å². The lowest BCUT2D eigenvalue weighted by Crippen LogP contribution is -2.00. The summed E-state index contributed by atoms with van der Waals surface area (Å²) >= 11 is 1.63. The first-order valence-corrected chi connectivity index (χ1v) is 7.47. The van der Waals surface area contributed by atoms with E-state index in [-0.39, 0.29) is 0 Å². The Balaban J connectivity index is 2.27. The van der Waals surface area contributed by atoms with Crippen LogP contribution in [0.15, 0.2) is 35.4 Å². The van der Waals surface area contributed by atoms with Gasteiger partial charge in [0.15, 0.2) is 0 Å². The van der Waals surface area contributed by atoms with E-state index in [1.54, 1.807) is 23.9 Å². The van der Waals surface area contributed by atoms with E-state index in [4.69, 9.17) is 0 Å². The van der Waals surface area contributed by atoms with Crippen molar-refractivity contribution in [3.05, 3.63) is 35.9 Å². The number of hydrogen-bond acceptors (Lipinski definition) is 3. The zero-order valence-electron chi connectivity index (χ0n) is 10.9. The van der Waals surface area contributed by atoms with Crippen LogP contribution in [0.4, 0.5) is 0 Å². The number of carboxylic acids is 1. The van der Waals surface area contributed by atoms with Gasteiger partial charge in [0.2, 0.25) is 0 Å². The predicted molar refractivity (Wildman–Crippen MR) is 79.0 cm³/mol. The van der Waals surface area contributed by atoms with Crippen LogP contribution >= 0.6 is 11.8 Å². The average molecular weight is 275 g/mol. The van der Waals surface area contributed by atoms with Crippen molar-refractivity contribution in [3.63, 3.8) is 0 Å². The predicted octanol–water partition coefficient (Wildman–Crippen LogP) is 4.22. The van der Waals surface area contributed by atoms with Gasteiger partial charge in [0.25, 0.3) is 0 Å². The number of nitrogens with zero attached hydrogens (tertiary/aromatic N) is 1. The van der Waals surface area contributed by atoms with Crippen LogP contribution in [0.25, 0.3) is 10.9 Å². The van der Waals surface area contributed by atoms with E-state index in [9.17, 15) is 9.90 Å². The summed E-state index contributed by atoms with van der Waals surface area (Å²) in [5.74, 6) is 0.0899. The van der Waals surface area contributed by atoms with E-state index in [2.05, 4.69) is 11.9 Å². The highest BCUT2D eigenvalue weighted by atomic mass is 32.2. The molecule has 0 aliphatic heterocycles. The van der Waals surface area contributed by atoms with Gasteiger partial charge in [-0.3, -0.25) is 0 Å². The maximum Gasteiger partial charge on any atom is 0.336 e. The Hall–Kier alpha value is -1.55. The fraction of sp³-hybridized carbons (Fsp3) is 0.333. The molecule has 0 atom stereocenters. The molecule has 0 aliphatic carbocycles. The molecule has 1 N–H and O–H groups in total. The zero-order valence-corrected chi connectivity index (χ0v) is 11.7. The molecule has 4 heteroatoms. The summed E-state index contributed by atoms with van der Waals surface area (Å²) in [6.07, 6.45) is 3.52. The zero-order chi connectivity index (χ0) is 13.7. The minimum Gasteiger partial charge on any atom is -0.478 e. The molecular formula is C15H17NO2S. The molecule has 0 radical (unpaired) electrons. The molecule has 0 amide bonds. The average Bonchev–Trinajstić information content (AvgIpc) is 2.42. The Kier molecular flexibility index (Phi) is 4.80.